The number of amides is 1. The van der Waals surface area contributed by atoms with Crippen LogP contribution in [0, 0.1) is 0 Å². The number of carbonyl (C=O) groups excluding carboxylic acids is 1. The lowest BCUT2D eigenvalue weighted by molar-refractivity contribution is -0.129. The number of H-pyrrole nitrogens is 1. The predicted molar refractivity (Wildman–Crippen MR) is 59.4 cm³/mol. The highest BCUT2D eigenvalue weighted by Crippen LogP contribution is 1.90. The number of nitrogens with zero attached hydrogens (tertiary/aromatic N) is 2. The van der Waals surface area contributed by atoms with E-state index in [2.05, 4.69) is 4.98 Å². The Balaban J connectivity index is 3.10. The Morgan fingerprint density at radius 2 is 2.06 bits per heavy atom. The molecule has 0 aliphatic rings. The third-order valence-corrected chi connectivity index (χ3v) is 2.27. The molecule has 6 heteroatoms. The maximum absolute atomic E-state index is 11.4. The molecule has 0 saturated carbocycles. The van der Waals surface area contributed by atoms with Crippen LogP contribution in [0.3, 0.4) is 0 Å². The molecular weight excluding hydrogens is 210 g/mol. The topological polar surface area (TPSA) is 75.2 Å². The van der Waals surface area contributed by atoms with Crippen molar-refractivity contribution in [3.05, 3.63) is 32.6 Å². The molecule has 0 bridgehead atoms. The molecule has 1 heterocycles. The van der Waals surface area contributed by atoms with Crippen LogP contribution in [0.2, 0.25) is 0 Å². The van der Waals surface area contributed by atoms with Crippen molar-refractivity contribution in [3.63, 3.8) is 0 Å². The third-order valence-electron chi connectivity index (χ3n) is 2.27. The molecule has 0 saturated heterocycles. The first-order valence-electron chi connectivity index (χ1n) is 4.98. The second-order valence-corrected chi connectivity index (χ2v) is 3.68. The zero-order valence-electron chi connectivity index (χ0n) is 9.61. The van der Waals surface area contributed by atoms with Crippen LogP contribution in [0.1, 0.15) is 12.5 Å². The predicted octanol–water partition coefficient (Wildman–Crippen LogP) is -0.813. The first-order chi connectivity index (χ1) is 7.45. The molecule has 0 atom stereocenters. The third kappa shape index (κ3) is 2.59. The van der Waals surface area contributed by atoms with Gasteiger partial charge in [0.15, 0.2) is 0 Å². The van der Waals surface area contributed by atoms with Crippen molar-refractivity contribution in [2.45, 2.75) is 19.9 Å². The van der Waals surface area contributed by atoms with Gasteiger partial charge in [-0.2, -0.15) is 0 Å². The van der Waals surface area contributed by atoms with E-state index in [0.29, 0.717) is 12.0 Å². The Labute approximate surface area is 92.5 Å². The Hall–Kier alpha value is -1.85. The summed E-state index contributed by atoms with van der Waals surface area (Å²) < 4.78 is 1.21. The van der Waals surface area contributed by atoms with Gasteiger partial charge >= 0.3 is 5.69 Å². The molecule has 1 aromatic heterocycles. The number of nitrogens with one attached hydrogen (secondary N) is 1. The smallest absolute Gasteiger partial charge is 0.328 e. The molecule has 16 heavy (non-hydrogen) atoms. The fourth-order valence-electron chi connectivity index (χ4n) is 1.21. The minimum absolute atomic E-state index is 0.0599. The number of aryl methyl sites for hydroxylation is 1. The highest BCUT2D eigenvalue weighted by Gasteiger charge is 2.08. The van der Waals surface area contributed by atoms with Gasteiger partial charge in [0.1, 0.15) is 6.54 Å². The van der Waals surface area contributed by atoms with Gasteiger partial charge in [-0.05, 0) is 6.42 Å². The maximum Gasteiger partial charge on any atom is 0.328 e. The summed E-state index contributed by atoms with van der Waals surface area (Å²) in [5, 5.41) is 0. The zero-order chi connectivity index (χ0) is 12.3. The SMILES string of the molecule is CCc1cn(CC(=O)N(C)C)c(=O)[nH]c1=O. The average molecular weight is 225 g/mol. The van der Waals surface area contributed by atoms with Crippen LogP contribution in [0.5, 0.6) is 0 Å². The second kappa shape index (κ2) is 4.78. The Morgan fingerprint density at radius 3 is 2.56 bits per heavy atom. The summed E-state index contributed by atoms with van der Waals surface area (Å²) in [5.74, 6) is -0.198. The fraction of sp³-hybridized carbons (Fsp3) is 0.500. The normalized spacial score (nSPS) is 10.2. The van der Waals surface area contributed by atoms with Gasteiger partial charge in [-0.15, -0.1) is 0 Å². The number of hydrogen-bond donors (Lipinski definition) is 1. The molecule has 1 N–H and O–H groups in total. The summed E-state index contributed by atoms with van der Waals surface area (Å²) in [6, 6.07) is 0. The minimum Gasteiger partial charge on any atom is -0.347 e. The number of aromatic nitrogens is 2. The average Bonchev–Trinajstić information content (AvgIpc) is 2.21. The van der Waals surface area contributed by atoms with E-state index in [1.54, 1.807) is 14.1 Å². The van der Waals surface area contributed by atoms with Crippen LogP contribution in [-0.4, -0.2) is 34.5 Å². The van der Waals surface area contributed by atoms with Gasteiger partial charge in [0.05, 0.1) is 0 Å². The first-order valence-corrected chi connectivity index (χ1v) is 4.98. The van der Waals surface area contributed by atoms with E-state index in [4.69, 9.17) is 0 Å². The lowest BCUT2D eigenvalue weighted by atomic mass is 10.2. The van der Waals surface area contributed by atoms with Crippen molar-refractivity contribution in [2.75, 3.05) is 14.1 Å². The second-order valence-electron chi connectivity index (χ2n) is 3.68. The summed E-state index contributed by atoms with van der Waals surface area (Å²) >= 11 is 0. The van der Waals surface area contributed by atoms with Gasteiger partial charge in [-0.1, -0.05) is 6.92 Å². The van der Waals surface area contributed by atoms with Crippen LogP contribution in [0.4, 0.5) is 0 Å². The van der Waals surface area contributed by atoms with Gasteiger partial charge in [0.25, 0.3) is 5.56 Å². The number of hydrogen-bond acceptors (Lipinski definition) is 3. The number of carbonyl (C=O) groups is 1. The van der Waals surface area contributed by atoms with Crippen molar-refractivity contribution in [3.8, 4) is 0 Å². The summed E-state index contributed by atoms with van der Waals surface area (Å²) in [7, 11) is 3.22. The van der Waals surface area contributed by atoms with Gasteiger partial charge < -0.3 is 4.90 Å². The molecule has 0 fully saturated rings. The molecule has 6 nitrogen and oxygen atoms in total. The van der Waals surface area contributed by atoms with Gasteiger partial charge in [-0.3, -0.25) is 19.1 Å². The largest absolute Gasteiger partial charge is 0.347 e. The molecule has 1 amide bonds. The molecule has 0 aliphatic heterocycles. The van der Waals surface area contributed by atoms with E-state index in [9.17, 15) is 14.4 Å². The molecule has 1 aromatic rings. The van der Waals surface area contributed by atoms with Crippen LogP contribution < -0.4 is 11.2 Å². The summed E-state index contributed by atoms with van der Waals surface area (Å²) in [5.41, 5.74) is -0.454. The number of rotatable bonds is 3. The molecular formula is C10H15N3O3. The zero-order valence-corrected chi connectivity index (χ0v) is 9.61. The molecule has 1 rings (SSSR count). The molecule has 88 valence electrons. The van der Waals surface area contributed by atoms with Crippen molar-refractivity contribution in [2.24, 2.45) is 0 Å². The van der Waals surface area contributed by atoms with E-state index in [-0.39, 0.29) is 18.0 Å². The van der Waals surface area contributed by atoms with Crippen molar-refractivity contribution in [1.82, 2.24) is 14.5 Å². The van der Waals surface area contributed by atoms with E-state index >= 15 is 0 Å². The standard InChI is InChI=1S/C10H15N3O3/c1-4-7-5-13(6-8(14)12(2)3)10(16)11-9(7)15/h5H,4,6H2,1-3H3,(H,11,15,16). The van der Waals surface area contributed by atoms with Gasteiger partial charge in [-0.25, -0.2) is 4.79 Å². The van der Waals surface area contributed by atoms with Crippen molar-refractivity contribution in [1.29, 1.82) is 0 Å². The highest BCUT2D eigenvalue weighted by molar-refractivity contribution is 5.75. The van der Waals surface area contributed by atoms with Crippen LogP contribution in [-0.2, 0) is 17.8 Å². The fourth-order valence-corrected chi connectivity index (χ4v) is 1.21. The monoisotopic (exact) mass is 225 g/mol. The van der Waals surface area contributed by atoms with Crippen molar-refractivity contribution < 1.29 is 4.79 Å². The summed E-state index contributed by atoms with van der Waals surface area (Å²) in [6.07, 6.45) is 1.95. The quantitative estimate of drug-likeness (QED) is 0.730. The van der Waals surface area contributed by atoms with E-state index in [1.807, 2.05) is 6.92 Å². The van der Waals surface area contributed by atoms with E-state index in [0.717, 1.165) is 0 Å². The molecule has 0 unspecified atom stereocenters. The summed E-state index contributed by atoms with van der Waals surface area (Å²) in [6.45, 7) is 1.75. The van der Waals surface area contributed by atoms with Crippen LogP contribution in [0.15, 0.2) is 15.8 Å². The number of likely N-dealkylation sites (N-methyl/N-ethyl adjacent to an activating group) is 1. The lowest BCUT2D eigenvalue weighted by Gasteiger charge is -2.11. The Morgan fingerprint density at radius 1 is 1.44 bits per heavy atom. The van der Waals surface area contributed by atoms with Gasteiger partial charge in [0.2, 0.25) is 5.91 Å². The molecule has 0 aliphatic carbocycles. The highest BCUT2D eigenvalue weighted by atomic mass is 16.2. The van der Waals surface area contributed by atoms with E-state index in [1.165, 1.54) is 15.7 Å². The van der Waals surface area contributed by atoms with Gasteiger partial charge in [0, 0.05) is 25.9 Å². The molecule has 0 spiro atoms. The van der Waals surface area contributed by atoms with E-state index < -0.39 is 5.69 Å². The Kier molecular flexibility index (Phi) is 3.65. The molecule has 0 aromatic carbocycles. The number of aromatic amines is 1. The minimum atomic E-state index is -0.558. The summed E-state index contributed by atoms with van der Waals surface area (Å²) in [4.78, 5) is 37.7. The maximum atomic E-state index is 11.4. The first kappa shape index (κ1) is 12.2. The molecule has 0 radical (unpaired) electrons. The van der Waals surface area contributed by atoms with Crippen LogP contribution >= 0.6 is 0 Å². The lowest BCUT2D eigenvalue weighted by Crippen LogP contribution is -2.36. The Bertz CT molecular complexity index is 499. The van der Waals surface area contributed by atoms with Crippen molar-refractivity contribution >= 4 is 5.91 Å². The van der Waals surface area contributed by atoms with Crippen LogP contribution in [0.25, 0.3) is 0 Å².